The van der Waals surface area contributed by atoms with Gasteiger partial charge in [-0.25, -0.2) is 4.39 Å². The number of hydrogen-bond donors (Lipinski definition) is 3. The minimum atomic E-state index is -5.11. The van der Waals surface area contributed by atoms with Crippen LogP contribution in [0.25, 0.3) is 22.6 Å². The Kier molecular flexibility index (Phi) is 4.45. The molecule has 6 nitrogen and oxygen atoms in total. The number of aromatic nitrogens is 2. The number of hydrogen-bond acceptors (Lipinski definition) is 6. The molecule has 4 rings (SSSR count). The first kappa shape index (κ1) is 19.5. The molecular formula is C19H14F4N2O4. The number of nitrogens with zero attached hydrogens (tertiary/aromatic N) is 2. The van der Waals surface area contributed by atoms with Crippen LogP contribution in [0.5, 0.6) is 0 Å². The van der Waals surface area contributed by atoms with E-state index in [-0.39, 0.29) is 28.4 Å². The maximum atomic E-state index is 14.3. The molecular weight excluding hydrogens is 396 g/mol. The highest BCUT2D eigenvalue weighted by Gasteiger charge is 2.61. The molecule has 29 heavy (non-hydrogen) atoms. The van der Waals surface area contributed by atoms with E-state index in [1.807, 2.05) is 0 Å². The van der Waals surface area contributed by atoms with Gasteiger partial charge in [-0.05, 0) is 17.7 Å². The van der Waals surface area contributed by atoms with E-state index in [1.54, 1.807) is 0 Å². The molecule has 1 aliphatic carbocycles. The molecule has 1 unspecified atom stereocenters. The van der Waals surface area contributed by atoms with Gasteiger partial charge in [0.05, 0.1) is 24.7 Å². The molecule has 0 aliphatic heterocycles. The van der Waals surface area contributed by atoms with E-state index >= 15 is 0 Å². The Morgan fingerprint density at radius 1 is 1.03 bits per heavy atom. The predicted octanol–water partition coefficient (Wildman–Crippen LogP) is 2.72. The number of fused-ring (bicyclic) bond motifs is 3. The van der Waals surface area contributed by atoms with Crippen molar-refractivity contribution >= 4 is 0 Å². The van der Waals surface area contributed by atoms with Crippen molar-refractivity contribution in [3.05, 3.63) is 59.2 Å². The van der Waals surface area contributed by atoms with Crippen LogP contribution in [0.4, 0.5) is 17.6 Å². The summed E-state index contributed by atoms with van der Waals surface area (Å²) >= 11 is 0. The number of halogens is 4. The van der Waals surface area contributed by atoms with Crippen molar-refractivity contribution in [1.29, 1.82) is 0 Å². The first-order chi connectivity index (χ1) is 13.7. The summed E-state index contributed by atoms with van der Waals surface area (Å²) in [7, 11) is 0. The van der Waals surface area contributed by atoms with E-state index < -0.39 is 47.9 Å². The molecule has 1 aromatic heterocycles. The maximum absolute atomic E-state index is 14.3. The van der Waals surface area contributed by atoms with E-state index in [9.17, 15) is 32.9 Å². The molecule has 0 spiro atoms. The van der Waals surface area contributed by atoms with Crippen molar-refractivity contribution in [2.24, 2.45) is 0 Å². The van der Waals surface area contributed by atoms with Crippen LogP contribution in [0.2, 0.25) is 0 Å². The van der Waals surface area contributed by atoms with Crippen LogP contribution in [-0.2, 0) is 5.60 Å². The third-order valence-corrected chi connectivity index (χ3v) is 4.97. The van der Waals surface area contributed by atoms with E-state index in [1.165, 1.54) is 18.2 Å². The van der Waals surface area contributed by atoms with Gasteiger partial charge in [-0.15, -0.1) is 0 Å². The second-order valence-electron chi connectivity index (χ2n) is 6.65. The first-order valence-corrected chi connectivity index (χ1v) is 8.51. The molecule has 0 radical (unpaired) electrons. The highest BCUT2D eigenvalue weighted by Crippen LogP contribution is 2.57. The molecule has 0 saturated carbocycles. The van der Waals surface area contributed by atoms with Crippen LogP contribution in [0.1, 0.15) is 22.9 Å². The summed E-state index contributed by atoms with van der Waals surface area (Å²) in [6.45, 7) is -0.985. The fraction of sp³-hybridized carbons (Fsp3) is 0.263. The lowest BCUT2D eigenvalue weighted by molar-refractivity contribution is -0.246. The van der Waals surface area contributed by atoms with Gasteiger partial charge in [-0.2, -0.15) is 18.2 Å². The zero-order chi connectivity index (χ0) is 21.0. The summed E-state index contributed by atoms with van der Waals surface area (Å²) < 4.78 is 61.1. The number of rotatable bonds is 4. The maximum Gasteiger partial charge on any atom is 0.425 e. The Balaban J connectivity index is 2.00. The molecule has 0 bridgehead atoms. The topological polar surface area (TPSA) is 99.6 Å². The van der Waals surface area contributed by atoms with E-state index in [2.05, 4.69) is 10.1 Å². The number of aliphatic hydroxyl groups excluding tert-OH is 2. The Hall–Kier alpha value is -2.82. The summed E-state index contributed by atoms with van der Waals surface area (Å²) in [4.78, 5) is 4.00. The van der Waals surface area contributed by atoms with Gasteiger partial charge >= 0.3 is 6.18 Å². The lowest BCUT2D eigenvalue weighted by Crippen LogP contribution is -2.41. The second-order valence-corrected chi connectivity index (χ2v) is 6.65. The van der Waals surface area contributed by atoms with Crippen molar-refractivity contribution in [2.75, 3.05) is 13.2 Å². The fourth-order valence-electron chi connectivity index (χ4n) is 3.55. The van der Waals surface area contributed by atoms with Gasteiger partial charge in [0, 0.05) is 16.7 Å². The average Bonchev–Trinajstić information content (AvgIpc) is 3.25. The van der Waals surface area contributed by atoms with Gasteiger partial charge in [0.15, 0.2) is 5.82 Å². The van der Waals surface area contributed by atoms with Crippen LogP contribution >= 0.6 is 0 Å². The van der Waals surface area contributed by atoms with Gasteiger partial charge < -0.3 is 19.8 Å². The third kappa shape index (κ3) is 2.75. The normalized spacial score (nSPS) is 18.2. The van der Waals surface area contributed by atoms with Crippen molar-refractivity contribution in [3.8, 4) is 22.6 Å². The largest absolute Gasteiger partial charge is 0.425 e. The first-order valence-electron chi connectivity index (χ1n) is 8.51. The molecule has 0 amide bonds. The van der Waals surface area contributed by atoms with E-state index in [0.717, 1.165) is 12.1 Å². The summed E-state index contributed by atoms with van der Waals surface area (Å²) in [5, 5.41) is 32.8. The van der Waals surface area contributed by atoms with Crippen LogP contribution in [0, 0.1) is 5.82 Å². The monoisotopic (exact) mass is 410 g/mol. The van der Waals surface area contributed by atoms with Gasteiger partial charge in [-0.1, -0.05) is 29.4 Å². The Morgan fingerprint density at radius 3 is 2.38 bits per heavy atom. The van der Waals surface area contributed by atoms with Crippen LogP contribution in [-0.4, -0.2) is 44.9 Å². The van der Waals surface area contributed by atoms with Crippen molar-refractivity contribution in [2.45, 2.75) is 17.7 Å². The molecule has 1 atom stereocenters. The zero-order valence-corrected chi connectivity index (χ0v) is 14.6. The Bertz CT molecular complexity index is 1080. The molecule has 152 valence electrons. The van der Waals surface area contributed by atoms with E-state index in [4.69, 9.17) is 4.52 Å². The molecule has 10 heteroatoms. The highest BCUT2D eigenvalue weighted by molar-refractivity contribution is 5.90. The van der Waals surface area contributed by atoms with Crippen molar-refractivity contribution in [1.82, 2.24) is 10.1 Å². The molecule has 3 aromatic rings. The SMILES string of the molecule is OCC(CO)c1noc(-c2cc(F)cc3c2-c2ccccc2C3(O)C(F)(F)F)n1. The lowest BCUT2D eigenvalue weighted by Gasteiger charge is -2.28. The van der Waals surface area contributed by atoms with Gasteiger partial charge in [0.25, 0.3) is 5.89 Å². The minimum absolute atomic E-state index is 0.0536. The summed E-state index contributed by atoms with van der Waals surface area (Å²) in [5.41, 5.74) is -4.68. The third-order valence-electron chi connectivity index (χ3n) is 4.97. The predicted molar refractivity (Wildman–Crippen MR) is 91.1 cm³/mol. The second kappa shape index (κ2) is 6.61. The Labute approximate surface area is 161 Å². The molecule has 1 heterocycles. The number of alkyl halides is 3. The summed E-state index contributed by atoms with van der Waals surface area (Å²) in [6, 6.07) is 6.90. The Morgan fingerprint density at radius 2 is 1.72 bits per heavy atom. The van der Waals surface area contributed by atoms with E-state index in [0.29, 0.717) is 6.07 Å². The molecule has 1 aliphatic rings. The standard InChI is InChI=1S/C19H14F4N2O4/c20-10-5-12(17-24-16(25-29-17)9(7-26)8-27)15-11-3-1-2-4-13(11)18(28,14(15)6-10)19(21,22)23/h1-6,9,26-28H,7-8H2. The summed E-state index contributed by atoms with van der Waals surface area (Å²) in [6.07, 6.45) is -5.11. The van der Waals surface area contributed by atoms with Gasteiger partial charge in [-0.3, -0.25) is 0 Å². The average molecular weight is 410 g/mol. The van der Waals surface area contributed by atoms with Gasteiger partial charge in [0.2, 0.25) is 5.60 Å². The number of benzene rings is 2. The molecule has 0 fully saturated rings. The van der Waals surface area contributed by atoms with Gasteiger partial charge in [0.1, 0.15) is 5.82 Å². The molecule has 3 N–H and O–H groups in total. The fourth-order valence-corrected chi connectivity index (χ4v) is 3.55. The highest BCUT2D eigenvalue weighted by atomic mass is 19.4. The van der Waals surface area contributed by atoms with Crippen LogP contribution in [0.3, 0.4) is 0 Å². The molecule has 0 saturated heterocycles. The zero-order valence-electron chi connectivity index (χ0n) is 14.6. The quantitative estimate of drug-likeness (QED) is 0.572. The molecule has 2 aromatic carbocycles. The van der Waals surface area contributed by atoms with Crippen LogP contribution in [0.15, 0.2) is 40.9 Å². The van der Waals surface area contributed by atoms with Crippen molar-refractivity contribution < 1.29 is 37.4 Å². The number of aliphatic hydroxyl groups is 3. The minimum Gasteiger partial charge on any atom is -0.396 e. The van der Waals surface area contributed by atoms with Crippen molar-refractivity contribution in [3.63, 3.8) is 0 Å². The van der Waals surface area contributed by atoms with Crippen LogP contribution < -0.4 is 0 Å². The lowest BCUT2D eigenvalue weighted by atomic mass is 9.90. The summed E-state index contributed by atoms with van der Waals surface area (Å²) in [5.74, 6) is -2.28. The smallest absolute Gasteiger partial charge is 0.396 e.